The van der Waals surface area contributed by atoms with E-state index in [1.165, 1.54) is 12.4 Å². The summed E-state index contributed by atoms with van der Waals surface area (Å²) < 4.78 is 27.2. The predicted molar refractivity (Wildman–Crippen MR) is 78.2 cm³/mol. The maximum absolute atomic E-state index is 12.4. The van der Waals surface area contributed by atoms with Gasteiger partial charge in [-0.1, -0.05) is 0 Å². The number of pyridine rings is 2. The Morgan fingerprint density at radius 3 is 2.80 bits per heavy atom. The molecule has 2 heterocycles. The van der Waals surface area contributed by atoms with Gasteiger partial charge in [-0.25, -0.2) is 4.98 Å². The van der Waals surface area contributed by atoms with E-state index in [-0.39, 0.29) is 5.03 Å². The predicted octanol–water partition coefficient (Wildman–Crippen LogP) is 2.02. The van der Waals surface area contributed by atoms with Crippen molar-refractivity contribution in [3.05, 3.63) is 42.4 Å². The van der Waals surface area contributed by atoms with Crippen molar-refractivity contribution < 1.29 is 8.42 Å². The highest BCUT2D eigenvalue weighted by Crippen LogP contribution is 2.21. The van der Waals surface area contributed by atoms with Gasteiger partial charge in [0.25, 0.3) is 10.0 Å². The molecule has 2 rings (SSSR count). The third-order valence-corrected chi connectivity index (χ3v) is 3.86. The summed E-state index contributed by atoms with van der Waals surface area (Å²) in [7, 11) is -3.75. The van der Waals surface area contributed by atoms with Gasteiger partial charge < -0.3 is 5.32 Å². The lowest BCUT2D eigenvalue weighted by atomic mass is 10.3. The van der Waals surface area contributed by atoms with Crippen LogP contribution in [0.1, 0.15) is 12.5 Å². The molecule has 2 aromatic heterocycles. The average Bonchev–Trinajstić information content (AvgIpc) is 2.39. The topological polar surface area (TPSA) is 84.0 Å². The molecule has 0 aliphatic rings. The maximum atomic E-state index is 12.4. The molecule has 0 unspecified atom stereocenters. The second-order valence-electron chi connectivity index (χ2n) is 4.24. The molecule has 0 atom stereocenters. The minimum absolute atomic E-state index is 0.0247. The highest BCUT2D eigenvalue weighted by Gasteiger charge is 2.20. The lowest BCUT2D eigenvalue weighted by Crippen LogP contribution is -2.17. The molecule has 7 heteroatoms. The Kier molecular flexibility index (Phi) is 4.19. The van der Waals surface area contributed by atoms with Gasteiger partial charge in [-0.15, -0.1) is 0 Å². The summed E-state index contributed by atoms with van der Waals surface area (Å²) >= 11 is 0. The van der Waals surface area contributed by atoms with E-state index >= 15 is 0 Å². The molecule has 0 amide bonds. The number of rotatable bonds is 5. The number of nitrogens with one attached hydrogen (secondary N) is 2. The first-order valence-electron chi connectivity index (χ1n) is 6.16. The number of hydrogen-bond acceptors (Lipinski definition) is 5. The van der Waals surface area contributed by atoms with E-state index < -0.39 is 10.0 Å². The number of aryl methyl sites for hydroxylation is 1. The van der Waals surface area contributed by atoms with Crippen LogP contribution >= 0.6 is 0 Å². The minimum Gasteiger partial charge on any atom is -0.383 e. The van der Waals surface area contributed by atoms with Crippen LogP contribution in [0.15, 0.2) is 41.8 Å². The summed E-state index contributed by atoms with van der Waals surface area (Å²) in [6, 6.07) is 5.07. The zero-order valence-electron chi connectivity index (χ0n) is 11.3. The van der Waals surface area contributed by atoms with Crippen molar-refractivity contribution in [2.45, 2.75) is 18.9 Å². The van der Waals surface area contributed by atoms with Crippen LogP contribution in [-0.4, -0.2) is 24.9 Å². The molecule has 0 aliphatic heterocycles. The van der Waals surface area contributed by atoms with Crippen molar-refractivity contribution in [1.29, 1.82) is 0 Å². The van der Waals surface area contributed by atoms with Gasteiger partial charge in [0.2, 0.25) is 0 Å². The zero-order chi connectivity index (χ0) is 14.6. The number of hydrogen-bond donors (Lipinski definition) is 2. The molecule has 106 valence electrons. The zero-order valence-corrected chi connectivity index (χ0v) is 12.1. The van der Waals surface area contributed by atoms with Crippen molar-refractivity contribution in [3.63, 3.8) is 0 Å². The number of anilines is 2. The molecule has 0 fully saturated rings. The van der Waals surface area contributed by atoms with Gasteiger partial charge in [-0.05, 0) is 37.6 Å². The first-order valence-corrected chi connectivity index (χ1v) is 7.64. The van der Waals surface area contributed by atoms with Crippen molar-refractivity contribution in [3.8, 4) is 0 Å². The van der Waals surface area contributed by atoms with Crippen LogP contribution in [0.5, 0.6) is 0 Å². The van der Waals surface area contributed by atoms with Crippen LogP contribution < -0.4 is 10.0 Å². The van der Waals surface area contributed by atoms with Crippen LogP contribution in [0, 0.1) is 6.92 Å². The van der Waals surface area contributed by atoms with Crippen molar-refractivity contribution in [2.75, 3.05) is 16.6 Å². The summed E-state index contributed by atoms with van der Waals surface area (Å²) in [5.74, 6) is 0. The molecule has 2 aromatic rings. The number of aromatic nitrogens is 2. The number of nitrogens with zero attached hydrogens (tertiary/aromatic N) is 2. The second kappa shape index (κ2) is 5.87. The van der Waals surface area contributed by atoms with Crippen LogP contribution in [0.2, 0.25) is 0 Å². The molecule has 0 radical (unpaired) electrons. The van der Waals surface area contributed by atoms with E-state index in [9.17, 15) is 8.42 Å². The van der Waals surface area contributed by atoms with Gasteiger partial charge in [0.05, 0.1) is 17.6 Å². The normalized spacial score (nSPS) is 11.1. The van der Waals surface area contributed by atoms with Crippen LogP contribution in [0.3, 0.4) is 0 Å². The summed E-state index contributed by atoms with van der Waals surface area (Å²) in [5.41, 5.74) is 1.76. The van der Waals surface area contributed by atoms with Crippen molar-refractivity contribution >= 4 is 21.4 Å². The lowest BCUT2D eigenvalue weighted by Gasteiger charge is -2.11. The fourth-order valence-corrected chi connectivity index (χ4v) is 2.89. The van der Waals surface area contributed by atoms with Crippen molar-refractivity contribution in [2.24, 2.45) is 0 Å². The Labute approximate surface area is 118 Å². The van der Waals surface area contributed by atoms with Gasteiger partial charge >= 0.3 is 0 Å². The Morgan fingerprint density at radius 2 is 2.10 bits per heavy atom. The Bertz CT molecular complexity index is 701. The largest absolute Gasteiger partial charge is 0.383 e. The minimum atomic E-state index is -3.75. The van der Waals surface area contributed by atoms with Gasteiger partial charge in [-0.3, -0.25) is 9.71 Å². The molecule has 6 nitrogen and oxygen atoms in total. The molecule has 0 aromatic carbocycles. The summed E-state index contributed by atoms with van der Waals surface area (Å²) in [4.78, 5) is 7.91. The third-order valence-electron chi connectivity index (χ3n) is 2.52. The van der Waals surface area contributed by atoms with E-state index in [0.717, 1.165) is 5.56 Å². The monoisotopic (exact) mass is 292 g/mol. The standard InChI is InChI=1S/C13H16N4O2S/c1-3-15-12-5-4-6-16-13(12)20(18,19)17-11-7-10(2)8-14-9-11/h4-9,15,17H,3H2,1-2H3. The molecular formula is C13H16N4O2S. The van der Waals surface area contributed by atoms with E-state index in [1.807, 2.05) is 13.8 Å². The number of sulfonamides is 1. The van der Waals surface area contributed by atoms with Crippen molar-refractivity contribution in [1.82, 2.24) is 9.97 Å². The molecule has 0 bridgehead atoms. The van der Waals surface area contributed by atoms with Gasteiger partial charge in [0, 0.05) is 18.9 Å². The van der Waals surface area contributed by atoms with E-state index in [2.05, 4.69) is 20.0 Å². The van der Waals surface area contributed by atoms with Gasteiger partial charge in [0.1, 0.15) is 0 Å². The molecular weight excluding hydrogens is 276 g/mol. The maximum Gasteiger partial charge on any atom is 0.281 e. The Balaban J connectivity index is 2.36. The fourth-order valence-electron chi connectivity index (χ4n) is 1.74. The molecule has 20 heavy (non-hydrogen) atoms. The Hall–Kier alpha value is -2.15. The SMILES string of the molecule is CCNc1cccnc1S(=O)(=O)Nc1cncc(C)c1. The average molecular weight is 292 g/mol. The second-order valence-corrected chi connectivity index (χ2v) is 5.84. The molecule has 0 saturated carbocycles. The quantitative estimate of drug-likeness (QED) is 0.880. The van der Waals surface area contributed by atoms with Crippen LogP contribution in [-0.2, 0) is 10.0 Å². The highest BCUT2D eigenvalue weighted by molar-refractivity contribution is 7.92. The van der Waals surface area contributed by atoms with E-state index in [0.29, 0.717) is 17.9 Å². The third kappa shape index (κ3) is 3.24. The highest BCUT2D eigenvalue weighted by atomic mass is 32.2. The first kappa shape index (κ1) is 14.3. The van der Waals surface area contributed by atoms with Crippen LogP contribution in [0.25, 0.3) is 0 Å². The smallest absolute Gasteiger partial charge is 0.281 e. The molecule has 2 N–H and O–H groups in total. The van der Waals surface area contributed by atoms with E-state index in [4.69, 9.17) is 0 Å². The molecule has 0 saturated heterocycles. The fraction of sp³-hybridized carbons (Fsp3) is 0.231. The Morgan fingerprint density at radius 1 is 1.30 bits per heavy atom. The first-order chi connectivity index (χ1) is 9.53. The molecule has 0 aliphatic carbocycles. The summed E-state index contributed by atoms with van der Waals surface area (Å²) in [5, 5.41) is 2.96. The summed E-state index contributed by atoms with van der Waals surface area (Å²) in [6.45, 7) is 4.34. The van der Waals surface area contributed by atoms with E-state index in [1.54, 1.807) is 24.4 Å². The summed E-state index contributed by atoms with van der Waals surface area (Å²) in [6.07, 6.45) is 4.56. The lowest BCUT2D eigenvalue weighted by molar-refractivity contribution is 0.598. The van der Waals surface area contributed by atoms with Gasteiger partial charge in [0.15, 0.2) is 5.03 Å². The van der Waals surface area contributed by atoms with Crippen LogP contribution in [0.4, 0.5) is 11.4 Å². The molecule has 0 spiro atoms. The van der Waals surface area contributed by atoms with Gasteiger partial charge in [-0.2, -0.15) is 8.42 Å².